The first-order valence-electron chi connectivity index (χ1n) is 13.8. The van der Waals surface area contributed by atoms with E-state index in [0.29, 0.717) is 38.6 Å². The molecule has 5 aromatic rings. The molecule has 1 aliphatic heterocycles. The number of anilines is 1. The molecule has 1 aromatic heterocycles. The summed E-state index contributed by atoms with van der Waals surface area (Å²) in [5, 5.41) is 21.0. The number of ether oxygens (including phenoxy) is 1. The highest BCUT2D eigenvalue weighted by atomic mass is 79.9. The number of aliphatic hydroxyl groups excluding tert-OH is 1. The van der Waals surface area contributed by atoms with Crippen LogP contribution in [0.3, 0.4) is 0 Å². The first kappa shape index (κ1) is 31.0. The van der Waals surface area contributed by atoms with Crippen molar-refractivity contribution >= 4 is 73.2 Å². The summed E-state index contributed by atoms with van der Waals surface area (Å²) in [4.78, 5) is 28.4. The lowest BCUT2D eigenvalue weighted by Gasteiger charge is -2.22. The lowest BCUT2D eigenvalue weighted by molar-refractivity contribution is -0.132. The van der Waals surface area contributed by atoms with Crippen LogP contribution in [0.5, 0.6) is 5.75 Å². The Morgan fingerprint density at radius 1 is 1.00 bits per heavy atom. The number of hydrogen-bond donors (Lipinski definition) is 1. The molecule has 1 amide bonds. The van der Waals surface area contributed by atoms with E-state index in [-0.39, 0.29) is 16.5 Å². The highest BCUT2D eigenvalue weighted by Crippen LogP contribution is 2.44. The number of rotatable bonds is 9. The van der Waals surface area contributed by atoms with E-state index < -0.39 is 17.7 Å². The van der Waals surface area contributed by atoms with Gasteiger partial charge in [-0.25, -0.2) is 0 Å². The van der Waals surface area contributed by atoms with Crippen LogP contribution in [-0.4, -0.2) is 27.0 Å². The Bertz CT molecular complexity index is 1910. The summed E-state index contributed by atoms with van der Waals surface area (Å²) in [5.74, 6) is -0.712. The fraction of sp³-hybridized carbons (Fsp3) is 0.118. The third-order valence-electron chi connectivity index (χ3n) is 7.16. The molecule has 0 spiro atoms. The number of aliphatic hydroxyl groups is 1. The largest absolute Gasteiger partial charge is 0.507 e. The first-order valence-corrected chi connectivity index (χ1v) is 16.8. The number of thioether (sulfide) groups is 1. The van der Waals surface area contributed by atoms with Crippen molar-refractivity contribution < 1.29 is 19.4 Å². The molecule has 0 saturated carbocycles. The Hall–Kier alpha value is -3.96. The molecule has 0 aliphatic carbocycles. The molecule has 11 heteroatoms. The zero-order valence-corrected chi connectivity index (χ0v) is 27.8. The summed E-state index contributed by atoms with van der Waals surface area (Å²) < 4.78 is 7.37. The van der Waals surface area contributed by atoms with Gasteiger partial charge in [0.1, 0.15) is 18.1 Å². The minimum atomic E-state index is -0.912. The van der Waals surface area contributed by atoms with Gasteiger partial charge < -0.3 is 9.84 Å². The van der Waals surface area contributed by atoms with Gasteiger partial charge in [0.05, 0.1) is 11.6 Å². The third kappa shape index (κ3) is 6.84. The van der Waals surface area contributed by atoms with Gasteiger partial charge in [0.15, 0.2) is 4.34 Å². The van der Waals surface area contributed by atoms with Crippen LogP contribution in [-0.2, 0) is 21.9 Å². The highest BCUT2D eigenvalue weighted by Gasteiger charge is 2.48. The van der Waals surface area contributed by atoms with Gasteiger partial charge in [-0.2, -0.15) is 0 Å². The summed E-state index contributed by atoms with van der Waals surface area (Å²) in [5.41, 5.74) is 4.12. The highest BCUT2D eigenvalue weighted by molar-refractivity contribution is 9.10. The summed E-state index contributed by atoms with van der Waals surface area (Å²) in [6.45, 7) is 2.42. The molecule has 1 N–H and O–H groups in total. The molecule has 0 bridgehead atoms. The molecule has 2 heterocycles. The quantitative estimate of drug-likeness (QED) is 0.0536. The molecule has 226 valence electrons. The number of Topliss-reactive ketones (excluding diaryl/α,β-unsaturated/α-hetero) is 1. The number of hydrogen-bond acceptors (Lipinski definition) is 8. The molecule has 6 rings (SSSR count). The molecule has 1 fully saturated rings. The van der Waals surface area contributed by atoms with Gasteiger partial charge in [-0.3, -0.25) is 14.5 Å². The molecule has 4 aromatic carbocycles. The predicted molar refractivity (Wildman–Crippen MR) is 182 cm³/mol. The Balaban J connectivity index is 1.30. The second kappa shape index (κ2) is 13.6. The Kier molecular flexibility index (Phi) is 9.37. The van der Waals surface area contributed by atoms with E-state index in [1.54, 1.807) is 36.4 Å². The van der Waals surface area contributed by atoms with Gasteiger partial charge >= 0.3 is 5.91 Å². The molecule has 1 aliphatic rings. The second-order valence-electron chi connectivity index (χ2n) is 10.3. The van der Waals surface area contributed by atoms with Crippen molar-refractivity contribution in [1.82, 2.24) is 10.2 Å². The maximum atomic E-state index is 13.6. The third-order valence-corrected chi connectivity index (χ3v) is 10.2. The van der Waals surface area contributed by atoms with Crippen molar-refractivity contribution in [3.05, 3.63) is 140 Å². The zero-order valence-electron chi connectivity index (χ0n) is 23.8. The van der Waals surface area contributed by atoms with Crippen molar-refractivity contribution in [2.45, 2.75) is 29.7 Å². The Labute approximate surface area is 281 Å². The molecule has 45 heavy (non-hydrogen) atoms. The zero-order chi connectivity index (χ0) is 31.5. The summed E-state index contributed by atoms with van der Waals surface area (Å²) in [6.07, 6.45) is 0. The van der Waals surface area contributed by atoms with Crippen LogP contribution < -0.4 is 9.64 Å². The summed E-state index contributed by atoms with van der Waals surface area (Å²) in [6, 6.07) is 28.7. The number of aromatic nitrogens is 2. The number of nitrogens with zero attached hydrogens (tertiary/aromatic N) is 3. The van der Waals surface area contributed by atoms with E-state index >= 15 is 0 Å². The van der Waals surface area contributed by atoms with E-state index in [4.69, 9.17) is 16.3 Å². The minimum absolute atomic E-state index is 0.0313. The average Bonchev–Trinajstić information content (AvgIpc) is 3.61. The minimum Gasteiger partial charge on any atom is -0.507 e. The van der Waals surface area contributed by atoms with Gasteiger partial charge in [0, 0.05) is 20.8 Å². The average molecular weight is 719 g/mol. The number of benzene rings is 4. The molecule has 1 atom stereocenters. The molecule has 0 radical (unpaired) electrons. The van der Waals surface area contributed by atoms with E-state index in [0.717, 1.165) is 21.2 Å². The maximum Gasteiger partial charge on any atom is 0.301 e. The molecular weight excluding hydrogens is 694 g/mol. The second-order valence-corrected chi connectivity index (χ2v) is 13.8. The molecule has 1 saturated heterocycles. The van der Waals surface area contributed by atoms with E-state index in [1.165, 1.54) is 28.0 Å². The van der Waals surface area contributed by atoms with Crippen LogP contribution >= 0.6 is 50.6 Å². The number of halogens is 2. The van der Waals surface area contributed by atoms with Crippen molar-refractivity contribution in [2.24, 2.45) is 0 Å². The van der Waals surface area contributed by atoms with Crippen LogP contribution in [0, 0.1) is 6.92 Å². The number of carbonyl (C=O) groups excluding carboxylic acids is 2. The van der Waals surface area contributed by atoms with Gasteiger partial charge in [0.2, 0.25) is 5.13 Å². The molecule has 1 unspecified atom stereocenters. The SMILES string of the molecule is Cc1cccc(COc2ccc(/C(O)=C3\C(=O)C(=O)N(c4nnc(SCc5ccccc5Cl)s4)C3c3ccc(Br)cc3)cc2)c1. The van der Waals surface area contributed by atoms with Gasteiger partial charge in [-0.1, -0.05) is 111 Å². The lowest BCUT2D eigenvalue weighted by atomic mass is 9.95. The van der Waals surface area contributed by atoms with E-state index in [2.05, 4.69) is 32.2 Å². The smallest absolute Gasteiger partial charge is 0.301 e. The Morgan fingerprint density at radius 2 is 1.76 bits per heavy atom. The topological polar surface area (TPSA) is 92.6 Å². The predicted octanol–water partition coefficient (Wildman–Crippen LogP) is 8.76. The fourth-order valence-electron chi connectivity index (χ4n) is 4.94. The number of carbonyl (C=O) groups is 2. The first-order chi connectivity index (χ1) is 21.8. The van der Waals surface area contributed by atoms with Crippen LogP contribution in [0.4, 0.5) is 5.13 Å². The van der Waals surface area contributed by atoms with Crippen LogP contribution in [0.15, 0.2) is 111 Å². The van der Waals surface area contributed by atoms with Crippen molar-refractivity contribution in [2.75, 3.05) is 4.90 Å². The van der Waals surface area contributed by atoms with Crippen LogP contribution in [0.1, 0.15) is 33.9 Å². The van der Waals surface area contributed by atoms with E-state index in [9.17, 15) is 14.7 Å². The van der Waals surface area contributed by atoms with Crippen molar-refractivity contribution in [3.8, 4) is 5.75 Å². The maximum absolute atomic E-state index is 13.6. The van der Waals surface area contributed by atoms with E-state index in [1.807, 2.05) is 61.5 Å². The van der Waals surface area contributed by atoms with Crippen LogP contribution in [0.2, 0.25) is 5.02 Å². The number of ketones is 1. The van der Waals surface area contributed by atoms with Gasteiger partial charge in [-0.05, 0) is 66.1 Å². The van der Waals surface area contributed by atoms with Crippen molar-refractivity contribution in [3.63, 3.8) is 0 Å². The lowest BCUT2D eigenvalue weighted by Crippen LogP contribution is -2.29. The van der Waals surface area contributed by atoms with Crippen molar-refractivity contribution in [1.29, 1.82) is 0 Å². The standard InChI is InChI=1S/C34H25BrClN3O4S2/c1-20-5-4-6-21(17-20)18-43-26-15-11-23(12-16-26)30(40)28-29(22-9-13-25(35)14-10-22)39(32(42)31(28)41)33-37-38-34(45-33)44-19-24-7-2-3-8-27(24)36/h2-17,29,40H,18-19H2,1H3/b30-28+. The number of amides is 1. The molecule has 7 nitrogen and oxygen atoms in total. The van der Waals surface area contributed by atoms with Crippen LogP contribution in [0.25, 0.3) is 5.76 Å². The normalized spacial score (nSPS) is 15.9. The number of aryl methyl sites for hydroxylation is 1. The summed E-state index contributed by atoms with van der Waals surface area (Å²) in [7, 11) is 0. The molecular formula is C34H25BrClN3O4S2. The fourth-order valence-corrected chi connectivity index (χ4v) is 7.35. The Morgan fingerprint density at radius 3 is 2.49 bits per heavy atom. The van der Waals surface area contributed by atoms with Gasteiger partial charge in [-0.15, -0.1) is 10.2 Å². The monoisotopic (exact) mass is 717 g/mol. The summed E-state index contributed by atoms with van der Waals surface area (Å²) >= 11 is 12.4. The van der Waals surface area contributed by atoms with Gasteiger partial charge in [0.25, 0.3) is 5.78 Å².